The molecule has 0 unspecified atom stereocenters. The van der Waals surface area contributed by atoms with E-state index in [1.54, 1.807) is 0 Å². The molecule has 0 bridgehead atoms. The minimum Gasteiger partial charge on any atom is -0.481 e. The lowest BCUT2D eigenvalue weighted by atomic mass is 10.1. The maximum Gasteiger partial charge on any atom is 0.326 e. The zero-order valence-electron chi connectivity index (χ0n) is 15.0. The second kappa shape index (κ2) is 12.1. The molecular formula is C16H22FN5O6. The molecule has 12 heteroatoms. The number of unbranched alkanes of at least 4 members (excludes halogenated alkanes) is 2. The van der Waals surface area contributed by atoms with Crippen LogP contribution in [0.25, 0.3) is 0 Å². The summed E-state index contributed by atoms with van der Waals surface area (Å²) in [6, 6.07) is -1.98. The third kappa shape index (κ3) is 9.40. The van der Waals surface area contributed by atoms with Crippen LogP contribution in [0, 0.1) is 5.95 Å². The third-order valence-corrected chi connectivity index (χ3v) is 3.51. The van der Waals surface area contributed by atoms with Crippen molar-refractivity contribution in [2.45, 2.75) is 38.1 Å². The summed E-state index contributed by atoms with van der Waals surface area (Å²) in [5, 5.41) is 24.8. The molecule has 1 rings (SSSR count). The summed E-state index contributed by atoms with van der Waals surface area (Å²) in [5.74, 6) is -3.84. The van der Waals surface area contributed by atoms with Gasteiger partial charge in [-0.1, -0.05) is 0 Å². The summed E-state index contributed by atoms with van der Waals surface area (Å²) in [5.41, 5.74) is -0.116. The van der Waals surface area contributed by atoms with E-state index in [0.717, 1.165) is 12.4 Å². The molecular weight excluding hydrogens is 376 g/mol. The molecule has 0 aromatic carbocycles. The highest BCUT2D eigenvalue weighted by Crippen LogP contribution is 1.99. The second-order valence-corrected chi connectivity index (χ2v) is 5.77. The van der Waals surface area contributed by atoms with Crippen molar-refractivity contribution in [3.05, 3.63) is 24.0 Å². The molecule has 154 valence electrons. The zero-order valence-corrected chi connectivity index (χ0v) is 15.0. The first kappa shape index (κ1) is 22.7. The third-order valence-electron chi connectivity index (χ3n) is 3.51. The average Bonchev–Trinajstić information content (AvgIpc) is 2.63. The first-order chi connectivity index (χ1) is 13.3. The van der Waals surface area contributed by atoms with E-state index in [9.17, 15) is 23.6 Å². The monoisotopic (exact) mass is 398 g/mol. The molecule has 0 aliphatic rings. The van der Waals surface area contributed by atoms with Crippen LogP contribution < -0.4 is 16.0 Å². The number of hydrogen-bond donors (Lipinski definition) is 5. The van der Waals surface area contributed by atoms with Crippen LogP contribution in [0.2, 0.25) is 0 Å². The van der Waals surface area contributed by atoms with Gasteiger partial charge in [0.15, 0.2) is 0 Å². The fourth-order valence-electron chi connectivity index (χ4n) is 2.11. The van der Waals surface area contributed by atoms with Gasteiger partial charge in [-0.15, -0.1) is 0 Å². The van der Waals surface area contributed by atoms with Crippen LogP contribution in [-0.4, -0.2) is 63.2 Å². The largest absolute Gasteiger partial charge is 0.481 e. The Morgan fingerprint density at radius 2 is 1.71 bits per heavy atom. The smallest absolute Gasteiger partial charge is 0.326 e. The number of nitrogens with one attached hydrogen (secondary N) is 3. The minimum atomic E-state index is -1.31. The van der Waals surface area contributed by atoms with Crippen LogP contribution in [0.1, 0.15) is 42.6 Å². The number of rotatable bonds is 12. The van der Waals surface area contributed by atoms with Gasteiger partial charge < -0.3 is 26.2 Å². The molecule has 0 aliphatic heterocycles. The highest BCUT2D eigenvalue weighted by atomic mass is 18.2. The number of carbonyl (C=O) groups is 4. The van der Waals surface area contributed by atoms with Gasteiger partial charge in [0, 0.05) is 19.5 Å². The molecule has 1 heterocycles. The number of carboxylic acids is 2. The topological polar surface area (TPSA) is 171 Å². The van der Waals surface area contributed by atoms with Gasteiger partial charge in [-0.2, -0.15) is 4.39 Å². The normalized spacial score (nSPS) is 11.3. The molecule has 1 aromatic heterocycles. The Hall–Kier alpha value is -3.31. The molecule has 1 atom stereocenters. The number of aliphatic carboxylic acids is 2. The van der Waals surface area contributed by atoms with E-state index in [2.05, 4.69) is 25.9 Å². The molecule has 0 aliphatic carbocycles. The molecule has 0 spiro atoms. The fourth-order valence-corrected chi connectivity index (χ4v) is 2.11. The number of aromatic nitrogens is 2. The number of halogens is 1. The summed E-state index contributed by atoms with van der Waals surface area (Å²) in [7, 11) is 0. The van der Waals surface area contributed by atoms with Crippen molar-refractivity contribution in [3.63, 3.8) is 0 Å². The summed E-state index contributed by atoms with van der Waals surface area (Å²) < 4.78 is 12.9. The number of carbonyl (C=O) groups excluding carboxylic acids is 2. The second-order valence-electron chi connectivity index (χ2n) is 5.77. The highest BCUT2D eigenvalue weighted by Gasteiger charge is 2.20. The average molecular weight is 398 g/mol. The van der Waals surface area contributed by atoms with E-state index < -0.39 is 35.9 Å². The number of hydrogen-bond acceptors (Lipinski definition) is 6. The SMILES string of the molecule is O=C(O)CC[C@H](NC(=O)NCCCCCNC(=O)c1cncc([18F])n1)C(=O)O. The lowest BCUT2D eigenvalue weighted by molar-refractivity contribution is -0.140. The van der Waals surface area contributed by atoms with Crippen molar-refractivity contribution in [2.75, 3.05) is 13.1 Å². The Bertz CT molecular complexity index is 702. The van der Waals surface area contributed by atoms with Crippen LogP contribution in [0.15, 0.2) is 12.4 Å². The standard InChI is InChI=1S/C16H22FN5O6/c17-12-9-18-8-11(21-12)14(25)19-6-2-1-3-7-20-16(28)22-10(15(26)27)4-5-13(23)24/h8-10H,1-7H2,(H,19,25)(H,23,24)(H,26,27)(H2,20,22,28)/t10-/m0/s1/i17-1. The number of nitrogens with zero attached hydrogens (tertiary/aromatic N) is 2. The first-order valence-electron chi connectivity index (χ1n) is 8.54. The van der Waals surface area contributed by atoms with Gasteiger partial charge in [-0.25, -0.2) is 14.6 Å². The summed E-state index contributed by atoms with van der Waals surface area (Å²) >= 11 is 0. The van der Waals surface area contributed by atoms with Crippen molar-refractivity contribution in [1.82, 2.24) is 25.9 Å². The predicted molar refractivity (Wildman–Crippen MR) is 93.0 cm³/mol. The van der Waals surface area contributed by atoms with Gasteiger partial charge in [0.2, 0.25) is 5.95 Å². The Balaban J connectivity index is 2.14. The lowest BCUT2D eigenvalue weighted by Crippen LogP contribution is -2.46. The van der Waals surface area contributed by atoms with Crippen molar-refractivity contribution >= 4 is 23.9 Å². The predicted octanol–water partition coefficient (Wildman–Crippen LogP) is 0.133. The summed E-state index contributed by atoms with van der Waals surface area (Å²) in [4.78, 5) is 51.7. The molecule has 0 fully saturated rings. The lowest BCUT2D eigenvalue weighted by Gasteiger charge is -2.14. The van der Waals surface area contributed by atoms with E-state index in [4.69, 9.17) is 10.2 Å². The van der Waals surface area contributed by atoms with Crippen molar-refractivity contribution in [3.8, 4) is 0 Å². The van der Waals surface area contributed by atoms with Crippen LogP contribution in [-0.2, 0) is 9.59 Å². The number of urea groups is 1. The van der Waals surface area contributed by atoms with Crippen molar-refractivity contribution in [2.24, 2.45) is 0 Å². The van der Waals surface area contributed by atoms with E-state index in [0.29, 0.717) is 25.8 Å². The van der Waals surface area contributed by atoms with Gasteiger partial charge in [0.1, 0.15) is 11.7 Å². The van der Waals surface area contributed by atoms with Gasteiger partial charge in [0.25, 0.3) is 5.91 Å². The van der Waals surface area contributed by atoms with Crippen LogP contribution in [0.5, 0.6) is 0 Å². The van der Waals surface area contributed by atoms with Crippen LogP contribution >= 0.6 is 0 Å². The Morgan fingerprint density at radius 3 is 2.32 bits per heavy atom. The van der Waals surface area contributed by atoms with Crippen molar-refractivity contribution in [1.29, 1.82) is 0 Å². The molecule has 11 nitrogen and oxygen atoms in total. The molecule has 1 aromatic rings. The van der Waals surface area contributed by atoms with E-state index >= 15 is 0 Å². The first-order valence-corrected chi connectivity index (χ1v) is 8.54. The Kier molecular flexibility index (Phi) is 9.86. The van der Waals surface area contributed by atoms with E-state index in [1.807, 2.05) is 0 Å². The maximum absolute atomic E-state index is 12.9. The molecule has 3 amide bonds. The molecule has 5 N–H and O–H groups in total. The summed E-state index contributed by atoms with van der Waals surface area (Å²) in [6.45, 7) is 0.611. The Labute approximate surface area is 159 Å². The van der Waals surface area contributed by atoms with Crippen LogP contribution in [0.3, 0.4) is 0 Å². The van der Waals surface area contributed by atoms with Gasteiger partial charge >= 0.3 is 18.0 Å². The quantitative estimate of drug-likeness (QED) is 0.309. The number of amides is 3. The fraction of sp³-hybridized carbons (Fsp3) is 0.500. The molecule has 0 saturated heterocycles. The maximum atomic E-state index is 12.9. The molecule has 0 saturated carbocycles. The van der Waals surface area contributed by atoms with Crippen molar-refractivity contribution < 1.29 is 33.8 Å². The highest BCUT2D eigenvalue weighted by molar-refractivity contribution is 5.91. The number of carboxylic acid groups (broad SMARTS) is 2. The zero-order chi connectivity index (χ0) is 20.9. The molecule has 28 heavy (non-hydrogen) atoms. The van der Waals surface area contributed by atoms with E-state index in [-0.39, 0.29) is 25.1 Å². The van der Waals surface area contributed by atoms with Gasteiger partial charge in [-0.05, 0) is 25.7 Å². The summed E-state index contributed by atoms with van der Waals surface area (Å²) in [6.07, 6.45) is 3.31. The van der Waals surface area contributed by atoms with Crippen LogP contribution in [0.4, 0.5) is 9.18 Å². The minimum absolute atomic E-state index is 0.116. The van der Waals surface area contributed by atoms with Gasteiger partial charge in [-0.3, -0.25) is 14.6 Å². The Morgan fingerprint density at radius 1 is 1.04 bits per heavy atom. The van der Waals surface area contributed by atoms with Gasteiger partial charge in [0.05, 0.1) is 12.4 Å². The van der Waals surface area contributed by atoms with E-state index in [1.165, 1.54) is 0 Å². The molecule has 0 radical (unpaired) electrons.